The van der Waals surface area contributed by atoms with Crippen molar-refractivity contribution >= 4 is 20.0 Å². The third-order valence-corrected chi connectivity index (χ3v) is 8.50. The van der Waals surface area contributed by atoms with E-state index in [0.29, 0.717) is 12.8 Å². The molecule has 0 amide bonds. The van der Waals surface area contributed by atoms with Crippen LogP contribution in [0.15, 0.2) is 86.0 Å². The van der Waals surface area contributed by atoms with Crippen LogP contribution in [-0.2, 0) is 54.6 Å². The predicted molar refractivity (Wildman–Crippen MR) is 174 cm³/mol. The van der Waals surface area contributed by atoms with E-state index in [2.05, 4.69) is 46.9 Å². The molecule has 0 aliphatic heterocycles. The molecule has 47 heavy (non-hydrogen) atoms. The van der Waals surface area contributed by atoms with E-state index in [-0.39, 0.29) is 70.3 Å². The maximum absolute atomic E-state index is 13.2. The van der Waals surface area contributed by atoms with Gasteiger partial charge in [-0.15, -0.1) is 61.4 Å². The van der Waals surface area contributed by atoms with Crippen molar-refractivity contribution in [1.29, 1.82) is 0 Å². The first-order valence-electron chi connectivity index (χ1n) is 14.2. The minimum Gasteiger partial charge on any atom is -0.273 e. The summed E-state index contributed by atoms with van der Waals surface area (Å²) < 4.78 is 102. The minimum atomic E-state index is -3.36. The summed E-state index contributed by atoms with van der Waals surface area (Å²) in [6.45, 7) is 6.99. The summed E-state index contributed by atoms with van der Waals surface area (Å²) in [5.74, 6) is -3.23. The Morgan fingerprint density at radius 1 is 0.681 bits per heavy atom. The molecule has 0 spiro atoms. The van der Waals surface area contributed by atoms with Crippen molar-refractivity contribution in [3.05, 3.63) is 145 Å². The van der Waals surface area contributed by atoms with Crippen molar-refractivity contribution in [2.45, 2.75) is 38.5 Å². The standard InChI is InChI=1S/2C12H14F2NO2S.2C5H5.Ti/c2*1-2-3-8-18(16,17)15-7-6-10-4-5-11(13)9-12(10)14;2*1-2-4-5-3-1;/h2*2,4-5,15H,1,3,6-8H2;2*1-3H,4H2;/q4*-1;+4. The zero-order valence-corrected chi connectivity index (χ0v) is 29.1. The molecule has 0 fully saturated rings. The molecule has 2 aliphatic carbocycles. The molecule has 0 saturated carbocycles. The van der Waals surface area contributed by atoms with E-state index in [9.17, 15) is 34.4 Å². The smallest absolute Gasteiger partial charge is 0.273 e. The molecule has 13 heteroatoms. The van der Waals surface area contributed by atoms with Crippen LogP contribution < -0.4 is 9.44 Å². The van der Waals surface area contributed by atoms with Crippen LogP contribution in [0.3, 0.4) is 0 Å². The number of benzene rings is 2. The summed E-state index contributed by atoms with van der Waals surface area (Å²) in [4.78, 5) is 0. The Hall–Kier alpha value is -2.87. The number of hydrogen-bond acceptors (Lipinski definition) is 4. The first kappa shape index (κ1) is 44.1. The van der Waals surface area contributed by atoms with E-state index in [1.165, 1.54) is 24.3 Å². The number of hydrogen-bond donors (Lipinski definition) is 2. The van der Waals surface area contributed by atoms with Crippen LogP contribution >= 0.6 is 0 Å². The first-order valence-corrected chi connectivity index (χ1v) is 17.5. The van der Waals surface area contributed by atoms with E-state index in [1.54, 1.807) is 0 Å². The van der Waals surface area contributed by atoms with Gasteiger partial charge >= 0.3 is 21.7 Å². The summed E-state index contributed by atoms with van der Waals surface area (Å²) in [5, 5.41) is 0. The normalized spacial score (nSPS) is 12.5. The monoisotopic (exact) mass is 726 g/mol. The Balaban J connectivity index is 0.000000681. The van der Waals surface area contributed by atoms with Crippen LogP contribution in [0.5, 0.6) is 0 Å². The summed E-state index contributed by atoms with van der Waals surface area (Å²) in [6, 6.07) is 8.52. The van der Waals surface area contributed by atoms with Crippen LogP contribution in [-0.4, -0.2) is 41.4 Å². The maximum Gasteiger partial charge on any atom is 4.00 e. The fourth-order valence-electron chi connectivity index (χ4n) is 3.32. The fourth-order valence-corrected chi connectivity index (χ4v) is 5.39. The van der Waals surface area contributed by atoms with Crippen LogP contribution in [0, 0.1) is 47.6 Å². The summed E-state index contributed by atoms with van der Waals surface area (Å²) in [7, 11) is -6.73. The molecule has 4 rings (SSSR count). The fraction of sp³-hybridized carbons (Fsp3) is 0.294. The summed E-state index contributed by atoms with van der Waals surface area (Å²) in [6.07, 6.45) is 24.0. The second-order valence-corrected chi connectivity index (χ2v) is 13.2. The topological polar surface area (TPSA) is 92.3 Å². The van der Waals surface area contributed by atoms with Gasteiger partial charge in [-0.05, 0) is 12.8 Å². The van der Waals surface area contributed by atoms with Gasteiger partial charge in [-0.3, -0.25) is 12.2 Å². The molecule has 0 heterocycles. The molecule has 0 unspecified atom stereocenters. The Kier molecular flexibility index (Phi) is 23.7. The average Bonchev–Trinajstić information content (AvgIpc) is 3.78. The Morgan fingerprint density at radius 3 is 1.32 bits per heavy atom. The number of sulfonamides is 2. The van der Waals surface area contributed by atoms with Crippen molar-refractivity contribution in [1.82, 2.24) is 9.44 Å². The van der Waals surface area contributed by atoms with Crippen LogP contribution in [0.2, 0.25) is 0 Å². The van der Waals surface area contributed by atoms with E-state index in [0.717, 1.165) is 25.0 Å². The molecule has 2 aliphatic rings. The Labute approximate surface area is 292 Å². The molecule has 2 aromatic carbocycles. The second kappa shape index (κ2) is 25.2. The first-order chi connectivity index (χ1) is 21.9. The molecule has 252 valence electrons. The van der Waals surface area contributed by atoms with Crippen molar-refractivity contribution in [2.75, 3.05) is 24.6 Å². The maximum atomic E-state index is 13.2. The summed E-state index contributed by atoms with van der Waals surface area (Å²) >= 11 is 0. The van der Waals surface area contributed by atoms with Gasteiger partial charge in [0, 0.05) is 36.4 Å². The number of rotatable bonds is 14. The number of nitrogens with one attached hydrogen (secondary N) is 2. The summed E-state index contributed by atoms with van der Waals surface area (Å²) in [5.41, 5.74) is 0.450. The molecule has 6 nitrogen and oxygen atoms in total. The zero-order chi connectivity index (χ0) is 34.3. The molecule has 0 aromatic heterocycles. The quantitative estimate of drug-likeness (QED) is 0.105. The van der Waals surface area contributed by atoms with Crippen molar-refractivity contribution < 1.29 is 56.1 Å². The Morgan fingerprint density at radius 2 is 1.06 bits per heavy atom. The number of halogens is 4. The molecule has 2 N–H and O–H groups in total. The second-order valence-electron chi connectivity index (χ2n) is 9.38. The van der Waals surface area contributed by atoms with E-state index >= 15 is 0 Å². The largest absolute Gasteiger partial charge is 4.00 e. The molecular weight excluding hydrogens is 688 g/mol. The van der Waals surface area contributed by atoms with Gasteiger partial charge in [0.25, 0.3) is 0 Å². The molecular formula is C34H38F4N2O4S2Ti. The van der Waals surface area contributed by atoms with Crippen LogP contribution in [0.1, 0.15) is 36.8 Å². The Bertz CT molecular complexity index is 1440. The molecule has 0 saturated heterocycles. The minimum absolute atomic E-state index is 0. The number of allylic oxidation sites excluding steroid dienone is 10. The van der Waals surface area contributed by atoms with Gasteiger partial charge in [0.15, 0.2) is 0 Å². The zero-order valence-electron chi connectivity index (χ0n) is 25.9. The van der Waals surface area contributed by atoms with E-state index in [1.807, 2.05) is 36.4 Å². The van der Waals surface area contributed by atoms with Crippen molar-refractivity contribution in [2.24, 2.45) is 0 Å². The van der Waals surface area contributed by atoms with Gasteiger partial charge in [-0.25, -0.2) is 68.1 Å². The van der Waals surface area contributed by atoms with E-state index < -0.39 is 43.3 Å². The van der Waals surface area contributed by atoms with Crippen molar-refractivity contribution in [3.8, 4) is 0 Å². The van der Waals surface area contributed by atoms with Gasteiger partial charge in [0.05, 0.1) is 11.5 Å². The third kappa shape index (κ3) is 22.4. The van der Waals surface area contributed by atoms with Gasteiger partial charge < -0.3 is 0 Å². The van der Waals surface area contributed by atoms with Gasteiger partial charge in [0.1, 0.15) is 0 Å². The van der Waals surface area contributed by atoms with E-state index in [4.69, 9.17) is 0 Å². The molecule has 0 atom stereocenters. The molecule has 0 bridgehead atoms. The molecule has 0 radical (unpaired) electrons. The molecule has 2 aromatic rings. The third-order valence-electron chi connectivity index (χ3n) is 5.67. The van der Waals surface area contributed by atoms with Crippen molar-refractivity contribution in [3.63, 3.8) is 0 Å². The van der Waals surface area contributed by atoms with Gasteiger partial charge in [-0.2, -0.15) is 24.3 Å². The average molecular weight is 727 g/mol. The van der Waals surface area contributed by atoms with Crippen LogP contribution in [0.4, 0.5) is 17.6 Å². The predicted octanol–water partition coefficient (Wildman–Crippen LogP) is 6.21. The van der Waals surface area contributed by atoms with Gasteiger partial charge in [-0.1, -0.05) is 25.0 Å². The van der Waals surface area contributed by atoms with Gasteiger partial charge in [0.2, 0.25) is 20.0 Å². The SMILES string of the molecule is C=CCCS(=O)(=O)NCCc1ccc(F)[c-]c1F.C=CCCS(=O)(=O)NCCc1ccc(F)[c-]c1F.[C-]1=CC=CC1.[C-]1=CC=CC1.[Ti+4]. The van der Waals surface area contributed by atoms with Crippen LogP contribution in [0.25, 0.3) is 0 Å².